The van der Waals surface area contributed by atoms with Gasteiger partial charge in [-0.3, -0.25) is 4.79 Å². The SMILES string of the molecule is Cc1cccc(NC(=O)NN(C(=O)c2ccccc2)C(C)(C)C)c1. The summed E-state index contributed by atoms with van der Waals surface area (Å²) in [5, 5.41) is 4.09. The Morgan fingerprint density at radius 1 is 0.958 bits per heavy atom. The first-order valence-corrected chi connectivity index (χ1v) is 7.81. The summed E-state index contributed by atoms with van der Waals surface area (Å²) in [6.45, 7) is 7.53. The number of hydrazine groups is 1. The maximum absolute atomic E-state index is 12.7. The highest BCUT2D eigenvalue weighted by atomic mass is 16.2. The number of carbonyl (C=O) groups is 2. The molecule has 0 atom stereocenters. The zero-order valence-electron chi connectivity index (χ0n) is 14.5. The van der Waals surface area contributed by atoms with Crippen molar-refractivity contribution in [2.24, 2.45) is 0 Å². The average Bonchev–Trinajstić information content (AvgIpc) is 2.52. The maximum Gasteiger partial charge on any atom is 0.338 e. The molecule has 2 aromatic carbocycles. The summed E-state index contributed by atoms with van der Waals surface area (Å²) < 4.78 is 0. The van der Waals surface area contributed by atoms with Crippen LogP contribution in [0.3, 0.4) is 0 Å². The lowest BCUT2D eigenvalue weighted by Gasteiger charge is -2.35. The van der Waals surface area contributed by atoms with Gasteiger partial charge in [0.2, 0.25) is 0 Å². The summed E-state index contributed by atoms with van der Waals surface area (Å²) in [6, 6.07) is 15.9. The number of amides is 3. The lowest BCUT2D eigenvalue weighted by molar-refractivity contribution is 0.0460. The Balaban J connectivity index is 2.14. The number of hydrogen-bond acceptors (Lipinski definition) is 2. The predicted octanol–water partition coefficient (Wildman–Crippen LogP) is 3.97. The number of nitrogens with zero attached hydrogens (tertiary/aromatic N) is 1. The monoisotopic (exact) mass is 325 g/mol. The van der Waals surface area contributed by atoms with Crippen molar-refractivity contribution >= 4 is 17.6 Å². The molecule has 0 aliphatic rings. The van der Waals surface area contributed by atoms with Crippen LogP contribution >= 0.6 is 0 Å². The number of nitrogens with one attached hydrogen (secondary N) is 2. The van der Waals surface area contributed by atoms with Crippen molar-refractivity contribution < 1.29 is 9.59 Å². The number of carbonyl (C=O) groups excluding carboxylic acids is 2. The molecule has 0 aliphatic heterocycles. The fraction of sp³-hybridized carbons (Fsp3) is 0.263. The molecule has 0 saturated carbocycles. The smallest absolute Gasteiger partial charge is 0.307 e. The molecule has 0 bridgehead atoms. The Labute approximate surface area is 142 Å². The minimum Gasteiger partial charge on any atom is -0.307 e. The fourth-order valence-electron chi connectivity index (χ4n) is 2.22. The van der Waals surface area contributed by atoms with Gasteiger partial charge in [-0.15, -0.1) is 0 Å². The van der Waals surface area contributed by atoms with Gasteiger partial charge in [-0.05, 0) is 57.5 Å². The molecule has 5 nitrogen and oxygen atoms in total. The molecule has 2 rings (SSSR count). The number of anilines is 1. The van der Waals surface area contributed by atoms with Gasteiger partial charge in [0.05, 0.1) is 5.54 Å². The molecule has 0 saturated heterocycles. The average molecular weight is 325 g/mol. The van der Waals surface area contributed by atoms with E-state index in [0.717, 1.165) is 5.56 Å². The summed E-state index contributed by atoms with van der Waals surface area (Å²) in [4.78, 5) is 25.0. The van der Waals surface area contributed by atoms with Crippen molar-refractivity contribution in [2.45, 2.75) is 33.2 Å². The normalized spacial score (nSPS) is 10.8. The number of benzene rings is 2. The van der Waals surface area contributed by atoms with Crippen molar-refractivity contribution in [3.63, 3.8) is 0 Å². The number of hydrogen-bond donors (Lipinski definition) is 2. The lowest BCUT2D eigenvalue weighted by atomic mass is 10.1. The minimum atomic E-state index is -0.573. The molecule has 0 aromatic heterocycles. The number of aryl methyl sites for hydroxylation is 1. The largest absolute Gasteiger partial charge is 0.338 e. The topological polar surface area (TPSA) is 61.4 Å². The molecular weight excluding hydrogens is 302 g/mol. The third kappa shape index (κ3) is 4.59. The van der Waals surface area contributed by atoms with Crippen LogP contribution in [0.4, 0.5) is 10.5 Å². The van der Waals surface area contributed by atoms with E-state index < -0.39 is 11.6 Å². The molecule has 0 unspecified atom stereocenters. The van der Waals surface area contributed by atoms with Crippen molar-refractivity contribution in [1.29, 1.82) is 0 Å². The first-order valence-electron chi connectivity index (χ1n) is 7.81. The maximum atomic E-state index is 12.7. The van der Waals surface area contributed by atoms with E-state index in [9.17, 15) is 9.59 Å². The predicted molar refractivity (Wildman–Crippen MR) is 95.7 cm³/mol. The third-order valence-corrected chi connectivity index (χ3v) is 3.38. The standard InChI is InChI=1S/C19H23N3O2/c1-14-9-8-12-16(13-14)20-18(24)21-22(19(2,3)4)17(23)15-10-6-5-7-11-15/h5-13H,1-4H3,(H2,20,21,24). The van der Waals surface area contributed by atoms with Crippen molar-refractivity contribution in [2.75, 3.05) is 5.32 Å². The number of rotatable bonds is 2. The second kappa shape index (κ2) is 7.17. The van der Waals surface area contributed by atoms with Crippen molar-refractivity contribution in [1.82, 2.24) is 10.4 Å². The Kier molecular flexibility index (Phi) is 5.24. The van der Waals surface area contributed by atoms with Gasteiger partial charge in [-0.1, -0.05) is 30.3 Å². The van der Waals surface area contributed by atoms with Crippen LogP contribution in [0.15, 0.2) is 54.6 Å². The third-order valence-electron chi connectivity index (χ3n) is 3.38. The summed E-state index contributed by atoms with van der Waals surface area (Å²) >= 11 is 0. The second-order valence-electron chi connectivity index (χ2n) is 6.61. The van der Waals surface area contributed by atoms with Gasteiger partial charge in [-0.2, -0.15) is 0 Å². The van der Waals surface area contributed by atoms with E-state index in [2.05, 4.69) is 10.7 Å². The molecule has 2 N–H and O–H groups in total. The first kappa shape index (κ1) is 17.5. The molecule has 0 radical (unpaired) electrons. The van der Waals surface area contributed by atoms with E-state index in [1.54, 1.807) is 30.3 Å². The van der Waals surface area contributed by atoms with Crippen LogP contribution in [0.2, 0.25) is 0 Å². The molecule has 0 spiro atoms. The van der Waals surface area contributed by atoms with Gasteiger partial charge >= 0.3 is 6.03 Å². The number of urea groups is 1. The van der Waals surface area contributed by atoms with Gasteiger partial charge in [0, 0.05) is 11.3 Å². The van der Waals surface area contributed by atoms with Crippen LogP contribution in [0, 0.1) is 6.92 Å². The highest BCUT2D eigenvalue weighted by molar-refractivity contribution is 5.97. The molecule has 126 valence electrons. The van der Waals surface area contributed by atoms with E-state index in [0.29, 0.717) is 11.3 Å². The molecule has 3 amide bonds. The summed E-state index contributed by atoms with van der Waals surface area (Å²) in [6.07, 6.45) is 0. The van der Waals surface area contributed by atoms with E-state index in [4.69, 9.17) is 0 Å². The van der Waals surface area contributed by atoms with Crippen LogP contribution in [0.25, 0.3) is 0 Å². The zero-order valence-corrected chi connectivity index (χ0v) is 14.5. The molecule has 0 aliphatic carbocycles. The molecule has 5 heteroatoms. The van der Waals surface area contributed by atoms with Crippen molar-refractivity contribution in [3.8, 4) is 0 Å². The van der Waals surface area contributed by atoms with Crippen LogP contribution in [0.5, 0.6) is 0 Å². The molecule has 0 fully saturated rings. The van der Waals surface area contributed by atoms with Gasteiger partial charge in [-0.25, -0.2) is 15.2 Å². The highest BCUT2D eigenvalue weighted by Crippen LogP contribution is 2.16. The van der Waals surface area contributed by atoms with Gasteiger partial charge < -0.3 is 5.32 Å². The van der Waals surface area contributed by atoms with Gasteiger partial charge in [0.15, 0.2) is 0 Å². The summed E-state index contributed by atoms with van der Waals surface area (Å²) in [5.41, 5.74) is 4.32. The molecule has 24 heavy (non-hydrogen) atoms. The fourth-order valence-corrected chi connectivity index (χ4v) is 2.22. The van der Waals surface area contributed by atoms with Gasteiger partial charge in [0.25, 0.3) is 5.91 Å². The Hall–Kier alpha value is -2.82. The summed E-state index contributed by atoms with van der Waals surface area (Å²) in [5.74, 6) is -0.262. The Morgan fingerprint density at radius 3 is 2.21 bits per heavy atom. The van der Waals surface area contributed by atoms with E-state index in [1.807, 2.05) is 52.0 Å². The quantitative estimate of drug-likeness (QED) is 0.821. The minimum absolute atomic E-state index is 0.262. The van der Waals surface area contributed by atoms with Crippen molar-refractivity contribution in [3.05, 3.63) is 65.7 Å². The molecular formula is C19H23N3O2. The van der Waals surface area contributed by atoms with Crippen LogP contribution in [-0.4, -0.2) is 22.5 Å². The lowest BCUT2D eigenvalue weighted by Crippen LogP contribution is -2.56. The first-order chi connectivity index (χ1) is 11.3. The highest BCUT2D eigenvalue weighted by Gasteiger charge is 2.29. The second-order valence-corrected chi connectivity index (χ2v) is 6.61. The Bertz CT molecular complexity index is 721. The van der Waals surface area contributed by atoms with Crippen LogP contribution < -0.4 is 10.7 Å². The van der Waals surface area contributed by atoms with Crippen LogP contribution in [0.1, 0.15) is 36.7 Å². The molecule has 2 aromatic rings. The van der Waals surface area contributed by atoms with Gasteiger partial charge in [0.1, 0.15) is 0 Å². The van der Waals surface area contributed by atoms with Crippen LogP contribution in [-0.2, 0) is 0 Å². The zero-order chi connectivity index (χ0) is 17.7. The van der Waals surface area contributed by atoms with E-state index >= 15 is 0 Å². The van der Waals surface area contributed by atoms with E-state index in [1.165, 1.54) is 5.01 Å². The summed E-state index contributed by atoms with van der Waals surface area (Å²) in [7, 11) is 0. The molecule has 0 heterocycles. The Morgan fingerprint density at radius 2 is 1.62 bits per heavy atom. The van der Waals surface area contributed by atoms with E-state index in [-0.39, 0.29) is 5.91 Å².